The minimum absolute atomic E-state index is 0.159. The molecule has 2 aromatic rings. The first-order chi connectivity index (χ1) is 9.76. The Hall–Kier alpha value is -2.08. The third-order valence-electron chi connectivity index (χ3n) is 2.79. The van der Waals surface area contributed by atoms with Crippen molar-refractivity contribution < 1.29 is 19.0 Å². The van der Waals surface area contributed by atoms with Gasteiger partial charge in [-0.2, -0.15) is 0 Å². The van der Waals surface area contributed by atoms with E-state index in [1.54, 1.807) is 24.5 Å². The Kier molecular flexibility index (Phi) is 3.56. The molecule has 1 aromatic heterocycles. The van der Waals surface area contributed by atoms with Crippen LogP contribution < -0.4 is 14.2 Å². The smallest absolute Gasteiger partial charge is 0.231 e. The number of hydrogen-bond donors (Lipinski definition) is 0. The maximum Gasteiger partial charge on any atom is 0.231 e. The molecule has 6 heteroatoms. The Bertz CT molecular complexity index is 660. The second kappa shape index (κ2) is 5.50. The molecule has 0 atom stereocenters. The lowest BCUT2D eigenvalue weighted by Crippen LogP contribution is -1.99. The summed E-state index contributed by atoms with van der Waals surface area (Å²) in [5.41, 5.74) is 1.33. The van der Waals surface area contributed by atoms with Crippen molar-refractivity contribution in [1.29, 1.82) is 0 Å². The lowest BCUT2D eigenvalue weighted by molar-refractivity contribution is 0.111. The summed E-state index contributed by atoms with van der Waals surface area (Å²) >= 11 is 3.35. The van der Waals surface area contributed by atoms with Gasteiger partial charge in [0, 0.05) is 28.5 Å². The summed E-state index contributed by atoms with van der Waals surface area (Å²) < 4.78 is 17.0. The molecule has 0 saturated carbocycles. The number of aromatic nitrogens is 1. The number of nitrogens with zero attached hydrogens (tertiary/aromatic N) is 1. The zero-order valence-corrected chi connectivity index (χ0v) is 11.9. The molecule has 102 valence electrons. The largest absolute Gasteiger partial charge is 0.488 e. The molecule has 0 amide bonds. The Morgan fingerprint density at radius 3 is 2.80 bits per heavy atom. The van der Waals surface area contributed by atoms with Gasteiger partial charge in [0.05, 0.1) is 5.56 Å². The number of carbonyl (C=O) groups is 1. The van der Waals surface area contributed by atoms with Crippen LogP contribution in [0.3, 0.4) is 0 Å². The Morgan fingerprint density at radius 1 is 1.25 bits per heavy atom. The molecule has 2 heterocycles. The van der Waals surface area contributed by atoms with E-state index in [0.29, 0.717) is 29.4 Å². The number of halogens is 1. The zero-order valence-electron chi connectivity index (χ0n) is 10.3. The van der Waals surface area contributed by atoms with Gasteiger partial charge >= 0.3 is 0 Å². The molecule has 0 bridgehead atoms. The number of ether oxygens (including phenoxy) is 3. The van der Waals surface area contributed by atoms with Gasteiger partial charge in [-0.15, -0.1) is 0 Å². The maximum absolute atomic E-state index is 11.1. The molecule has 5 nitrogen and oxygen atoms in total. The van der Waals surface area contributed by atoms with Crippen LogP contribution in [0.5, 0.6) is 17.2 Å². The maximum atomic E-state index is 11.1. The minimum atomic E-state index is 0.159. The number of benzene rings is 1. The molecule has 0 radical (unpaired) electrons. The van der Waals surface area contributed by atoms with E-state index in [9.17, 15) is 4.79 Å². The normalized spacial score (nSPS) is 12.2. The van der Waals surface area contributed by atoms with Gasteiger partial charge in [-0.3, -0.25) is 9.78 Å². The van der Waals surface area contributed by atoms with Gasteiger partial charge in [0.15, 0.2) is 17.8 Å². The molecular weight excluding hydrogens is 326 g/mol. The van der Waals surface area contributed by atoms with Crippen LogP contribution in [0.4, 0.5) is 0 Å². The highest BCUT2D eigenvalue weighted by Crippen LogP contribution is 2.37. The van der Waals surface area contributed by atoms with E-state index >= 15 is 0 Å². The van der Waals surface area contributed by atoms with Crippen molar-refractivity contribution in [2.45, 2.75) is 6.61 Å². The lowest BCUT2D eigenvalue weighted by Gasteiger charge is -2.09. The number of fused-ring (bicyclic) bond motifs is 1. The highest BCUT2D eigenvalue weighted by molar-refractivity contribution is 9.10. The van der Waals surface area contributed by atoms with Crippen LogP contribution in [-0.4, -0.2) is 18.1 Å². The predicted molar refractivity (Wildman–Crippen MR) is 74.2 cm³/mol. The fourth-order valence-corrected chi connectivity index (χ4v) is 2.26. The minimum Gasteiger partial charge on any atom is -0.488 e. The second-order valence-electron chi connectivity index (χ2n) is 4.16. The first-order valence-corrected chi connectivity index (χ1v) is 6.66. The van der Waals surface area contributed by atoms with Crippen molar-refractivity contribution in [2.75, 3.05) is 6.79 Å². The quantitative estimate of drug-likeness (QED) is 0.804. The molecule has 20 heavy (non-hydrogen) atoms. The highest BCUT2D eigenvalue weighted by Gasteiger charge is 2.17. The van der Waals surface area contributed by atoms with Gasteiger partial charge in [0.1, 0.15) is 12.4 Å². The molecule has 0 unspecified atom stereocenters. The summed E-state index contributed by atoms with van der Waals surface area (Å²) in [4.78, 5) is 15.2. The average molecular weight is 336 g/mol. The summed E-state index contributed by atoms with van der Waals surface area (Å²) in [5, 5.41) is 0. The van der Waals surface area contributed by atoms with Crippen LogP contribution in [-0.2, 0) is 6.61 Å². The Morgan fingerprint density at radius 2 is 2.05 bits per heavy atom. The summed E-state index contributed by atoms with van der Waals surface area (Å²) in [6.45, 7) is 0.472. The van der Waals surface area contributed by atoms with E-state index in [1.165, 1.54) is 0 Å². The van der Waals surface area contributed by atoms with Gasteiger partial charge in [-0.25, -0.2) is 0 Å². The third-order valence-corrected chi connectivity index (χ3v) is 3.22. The average Bonchev–Trinajstić information content (AvgIpc) is 2.91. The van der Waals surface area contributed by atoms with E-state index in [4.69, 9.17) is 14.2 Å². The summed E-state index contributed by atoms with van der Waals surface area (Å²) in [6, 6.07) is 5.18. The van der Waals surface area contributed by atoms with E-state index in [1.807, 2.05) is 6.07 Å². The van der Waals surface area contributed by atoms with E-state index in [0.717, 1.165) is 16.3 Å². The molecule has 1 aliphatic heterocycles. The third kappa shape index (κ3) is 2.60. The fraction of sp³-hybridized carbons (Fsp3) is 0.143. The van der Waals surface area contributed by atoms with Gasteiger partial charge in [-0.05, 0) is 28.1 Å². The van der Waals surface area contributed by atoms with Crippen LogP contribution in [0.1, 0.15) is 15.9 Å². The molecule has 0 N–H and O–H groups in total. The summed E-state index contributed by atoms with van der Waals surface area (Å²) in [6.07, 6.45) is 4.13. The van der Waals surface area contributed by atoms with Crippen LogP contribution in [0.15, 0.2) is 35.1 Å². The van der Waals surface area contributed by atoms with Crippen LogP contribution in [0, 0.1) is 0 Å². The van der Waals surface area contributed by atoms with Crippen molar-refractivity contribution in [3.05, 3.63) is 46.2 Å². The van der Waals surface area contributed by atoms with Crippen molar-refractivity contribution in [3.8, 4) is 17.2 Å². The lowest BCUT2D eigenvalue weighted by atomic mass is 10.2. The van der Waals surface area contributed by atoms with Crippen molar-refractivity contribution in [2.24, 2.45) is 0 Å². The number of carbonyl (C=O) groups excluding carboxylic acids is 1. The molecule has 0 aliphatic carbocycles. The van der Waals surface area contributed by atoms with Crippen LogP contribution >= 0.6 is 15.9 Å². The predicted octanol–water partition coefficient (Wildman–Crippen LogP) is 2.96. The van der Waals surface area contributed by atoms with E-state index in [2.05, 4.69) is 20.9 Å². The molecule has 1 aromatic carbocycles. The molecule has 0 spiro atoms. The Balaban J connectivity index is 1.82. The molecule has 0 saturated heterocycles. The number of rotatable bonds is 4. The zero-order chi connectivity index (χ0) is 13.9. The van der Waals surface area contributed by atoms with E-state index in [-0.39, 0.29) is 6.79 Å². The summed E-state index contributed by atoms with van der Waals surface area (Å²) in [7, 11) is 0. The summed E-state index contributed by atoms with van der Waals surface area (Å²) in [5.74, 6) is 1.60. The van der Waals surface area contributed by atoms with Crippen LogP contribution in [0.2, 0.25) is 0 Å². The first-order valence-electron chi connectivity index (χ1n) is 5.87. The molecular formula is C14H10BrNO4. The van der Waals surface area contributed by atoms with Crippen molar-refractivity contribution in [1.82, 2.24) is 4.98 Å². The number of aldehydes is 1. The van der Waals surface area contributed by atoms with Gasteiger partial charge in [0.2, 0.25) is 6.79 Å². The van der Waals surface area contributed by atoms with Gasteiger partial charge in [0.25, 0.3) is 0 Å². The fourth-order valence-electron chi connectivity index (χ4n) is 1.85. The second-order valence-corrected chi connectivity index (χ2v) is 5.08. The van der Waals surface area contributed by atoms with Gasteiger partial charge in [-0.1, -0.05) is 0 Å². The Labute approximate surface area is 123 Å². The molecule has 1 aliphatic rings. The standard InChI is InChI=1S/C14H10BrNO4/c15-11-1-9(4-16-5-11)7-18-12-3-14-13(19-8-20-14)2-10(12)6-17/h1-6H,7-8H2. The molecule has 3 rings (SSSR count). The highest BCUT2D eigenvalue weighted by atomic mass is 79.9. The topological polar surface area (TPSA) is 57.7 Å². The van der Waals surface area contributed by atoms with E-state index < -0.39 is 0 Å². The number of pyridine rings is 1. The van der Waals surface area contributed by atoms with Gasteiger partial charge < -0.3 is 14.2 Å². The van der Waals surface area contributed by atoms with Crippen molar-refractivity contribution >= 4 is 22.2 Å². The van der Waals surface area contributed by atoms with Crippen molar-refractivity contribution in [3.63, 3.8) is 0 Å². The van der Waals surface area contributed by atoms with Crippen LogP contribution in [0.25, 0.3) is 0 Å². The number of hydrogen-bond acceptors (Lipinski definition) is 5. The SMILES string of the molecule is O=Cc1cc2c(cc1OCc1cncc(Br)c1)OCO2. The monoisotopic (exact) mass is 335 g/mol. The molecule has 0 fully saturated rings. The first kappa shape index (κ1) is 12.9.